The van der Waals surface area contributed by atoms with E-state index in [0.717, 1.165) is 40.7 Å². The maximum Gasteiger partial charge on any atom is 0.226 e. The smallest absolute Gasteiger partial charge is 0.226 e. The molecule has 1 aliphatic rings. The van der Waals surface area contributed by atoms with Crippen molar-refractivity contribution in [3.8, 4) is 16.3 Å². The molecule has 1 N–H and O–H groups in total. The molecule has 0 aliphatic carbocycles. The summed E-state index contributed by atoms with van der Waals surface area (Å²) in [6.45, 7) is 6.85. The van der Waals surface area contributed by atoms with Crippen LogP contribution in [0.25, 0.3) is 10.6 Å². The number of methoxy groups -OCH3 is 1. The lowest BCUT2D eigenvalue weighted by Gasteiger charge is -2.29. The summed E-state index contributed by atoms with van der Waals surface area (Å²) in [5, 5.41) is 6.11. The predicted octanol–water partition coefficient (Wildman–Crippen LogP) is 4.93. The molecule has 2 heterocycles. The van der Waals surface area contributed by atoms with E-state index in [9.17, 15) is 4.79 Å². The number of aryl methyl sites for hydroxylation is 2. The van der Waals surface area contributed by atoms with Crippen LogP contribution >= 0.6 is 11.3 Å². The van der Waals surface area contributed by atoms with Gasteiger partial charge in [0.05, 0.1) is 25.3 Å². The summed E-state index contributed by atoms with van der Waals surface area (Å²) in [6.07, 6.45) is 2.68. The molecule has 1 atom stereocenters. The Hall–Kier alpha value is -2.70. The standard InChI is InChI=1S/C26H31N3O2S/c1-18-10-11-21(19(2)14-18)26-28-20(17-32-26)15-25(30)27-16-23(29-12-6-7-13-29)22-8-4-5-9-24(22)31-3/h4-5,8-11,14,17,23H,6-7,12-13,15-16H2,1-3H3,(H,27,30). The summed E-state index contributed by atoms with van der Waals surface area (Å²) in [4.78, 5) is 20.0. The molecule has 4 rings (SSSR count). The van der Waals surface area contributed by atoms with Crippen molar-refractivity contribution in [1.82, 2.24) is 15.2 Å². The highest BCUT2D eigenvalue weighted by molar-refractivity contribution is 7.13. The van der Waals surface area contributed by atoms with Crippen LogP contribution in [0.5, 0.6) is 5.75 Å². The van der Waals surface area contributed by atoms with E-state index >= 15 is 0 Å². The Bertz CT molecular complexity index is 1070. The van der Waals surface area contributed by atoms with Gasteiger partial charge in [0, 0.05) is 23.1 Å². The molecule has 1 aliphatic heterocycles. The first-order chi connectivity index (χ1) is 15.5. The van der Waals surface area contributed by atoms with Crippen LogP contribution in [0.1, 0.15) is 41.3 Å². The maximum atomic E-state index is 12.8. The first kappa shape index (κ1) is 22.5. The number of likely N-dealkylation sites (tertiary alicyclic amines) is 1. The minimum absolute atomic E-state index is 0.00146. The van der Waals surface area contributed by atoms with Gasteiger partial charge in [-0.05, 0) is 51.4 Å². The average molecular weight is 450 g/mol. The fourth-order valence-corrected chi connectivity index (χ4v) is 5.34. The molecule has 5 nitrogen and oxygen atoms in total. The van der Waals surface area contributed by atoms with E-state index in [0.29, 0.717) is 13.0 Å². The monoisotopic (exact) mass is 449 g/mol. The van der Waals surface area contributed by atoms with E-state index in [-0.39, 0.29) is 11.9 Å². The highest BCUT2D eigenvalue weighted by atomic mass is 32.1. The zero-order chi connectivity index (χ0) is 22.5. The number of ether oxygens (including phenoxy) is 1. The van der Waals surface area contributed by atoms with Crippen molar-refractivity contribution in [1.29, 1.82) is 0 Å². The summed E-state index contributed by atoms with van der Waals surface area (Å²) in [5.74, 6) is 0.873. The molecule has 3 aromatic rings. The molecule has 0 saturated carbocycles. The van der Waals surface area contributed by atoms with Gasteiger partial charge in [0.25, 0.3) is 0 Å². The molecular formula is C26H31N3O2S. The summed E-state index contributed by atoms with van der Waals surface area (Å²) in [7, 11) is 1.70. The van der Waals surface area contributed by atoms with Crippen LogP contribution < -0.4 is 10.1 Å². The van der Waals surface area contributed by atoms with Crippen molar-refractivity contribution in [3.63, 3.8) is 0 Å². The van der Waals surface area contributed by atoms with Crippen LogP contribution in [-0.2, 0) is 11.2 Å². The fourth-order valence-electron chi connectivity index (χ4n) is 4.43. The molecule has 2 aromatic carbocycles. The lowest BCUT2D eigenvalue weighted by Crippen LogP contribution is -2.37. The Balaban J connectivity index is 1.42. The molecule has 1 fully saturated rings. The van der Waals surface area contributed by atoms with Gasteiger partial charge < -0.3 is 10.1 Å². The maximum absolute atomic E-state index is 12.8. The van der Waals surface area contributed by atoms with Gasteiger partial charge in [0.2, 0.25) is 5.91 Å². The van der Waals surface area contributed by atoms with Gasteiger partial charge in [-0.15, -0.1) is 11.3 Å². The number of hydrogen-bond donors (Lipinski definition) is 1. The predicted molar refractivity (Wildman–Crippen MR) is 130 cm³/mol. The van der Waals surface area contributed by atoms with Gasteiger partial charge in [-0.2, -0.15) is 0 Å². The number of benzene rings is 2. The Labute approximate surface area is 194 Å². The van der Waals surface area contributed by atoms with E-state index in [1.807, 2.05) is 23.6 Å². The molecule has 0 radical (unpaired) electrons. The van der Waals surface area contributed by atoms with Gasteiger partial charge in [0.15, 0.2) is 0 Å². The number of nitrogens with zero attached hydrogens (tertiary/aromatic N) is 2. The third-order valence-corrected chi connectivity index (χ3v) is 7.00. The van der Waals surface area contributed by atoms with Crippen LogP contribution in [0.2, 0.25) is 0 Å². The highest BCUT2D eigenvalue weighted by Gasteiger charge is 2.26. The second-order valence-corrected chi connectivity index (χ2v) is 9.30. The number of thiazole rings is 1. The molecule has 1 aromatic heterocycles. The Morgan fingerprint density at radius 1 is 1.19 bits per heavy atom. The van der Waals surface area contributed by atoms with Crippen molar-refractivity contribution in [2.24, 2.45) is 0 Å². The van der Waals surface area contributed by atoms with Gasteiger partial charge in [0.1, 0.15) is 10.8 Å². The van der Waals surface area contributed by atoms with Crippen molar-refractivity contribution < 1.29 is 9.53 Å². The summed E-state index contributed by atoms with van der Waals surface area (Å²) in [6, 6.07) is 14.6. The van der Waals surface area contributed by atoms with Gasteiger partial charge in [-0.25, -0.2) is 4.98 Å². The Kier molecular flexibility index (Phi) is 7.22. The molecule has 0 spiro atoms. The average Bonchev–Trinajstić information content (AvgIpc) is 3.47. The Morgan fingerprint density at radius 2 is 1.97 bits per heavy atom. The number of carbonyl (C=O) groups is 1. The Morgan fingerprint density at radius 3 is 2.72 bits per heavy atom. The zero-order valence-electron chi connectivity index (χ0n) is 19.1. The number of para-hydroxylation sites is 1. The first-order valence-corrected chi connectivity index (χ1v) is 12.1. The SMILES string of the molecule is COc1ccccc1C(CNC(=O)Cc1csc(-c2ccc(C)cc2C)n1)N1CCCC1. The highest BCUT2D eigenvalue weighted by Crippen LogP contribution is 2.31. The third kappa shape index (κ3) is 5.19. The molecule has 0 bridgehead atoms. The summed E-state index contributed by atoms with van der Waals surface area (Å²) >= 11 is 1.60. The van der Waals surface area contributed by atoms with Crippen molar-refractivity contribution >= 4 is 17.2 Å². The van der Waals surface area contributed by atoms with E-state index in [1.165, 1.54) is 24.0 Å². The lowest BCUT2D eigenvalue weighted by atomic mass is 10.0. The van der Waals surface area contributed by atoms with E-state index in [4.69, 9.17) is 9.72 Å². The third-order valence-electron chi connectivity index (χ3n) is 6.08. The van der Waals surface area contributed by atoms with Gasteiger partial charge in [-0.1, -0.05) is 42.0 Å². The first-order valence-electron chi connectivity index (χ1n) is 11.2. The van der Waals surface area contributed by atoms with E-state index in [2.05, 4.69) is 48.3 Å². The van der Waals surface area contributed by atoms with E-state index < -0.39 is 0 Å². The quantitative estimate of drug-likeness (QED) is 0.530. The van der Waals surface area contributed by atoms with Crippen LogP contribution in [-0.4, -0.2) is 42.5 Å². The van der Waals surface area contributed by atoms with E-state index in [1.54, 1.807) is 18.4 Å². The van der Waals surface area contributed by atoms with Crippen molar-refractivity contribution in [2.45, 2.75) is 39.2 Å². The van der Waals surface area contributed by atoms with Crippen molar-refractivity contribution in [2.75, 3.05) is 26.7 Å². The normalized spacial score (nSPS) is 15.0. The second kappa shape index (κ2) is 10.3. The van der Waals surface area contributed by atoms with Gasteiger partial charge in [-0.3, -0.25) is 9.69 Å². The second-order valence-electron chi connectivity index (χ2n) is 8.44. The number of rotatable bonds is 8. The van der Waals surface area contributed by atoms with Crippen LogP contribution in [0.15, 0.2) is 47.8 Å². The van der Waals surface area contributed by atoms with Crippen molar-refractivity contribution in [3.05, 3.63) is 70.2 Å². The number of nitrogens with one attached hydrogen (secondary N) is 1. The minimum atomic E-state index is 0.00146. The van der Waals surface area contributed by atoms with Crippen LogP contribution in [0.4, 0.5) is 0 Å². The fraction of sp³-hybridized carbons (Fsp3) is 0.385. The number of amides is 1. The molecule has 32 heavy (non-hydrogen) atoms. The molecule has 1 amide bonds. The number of carbonyl (C=O) groups excluding carboxylic acids is 1. The summed E-state index contributed by atoms with van der Waals surface area (Å²) in [5.41, 5.74) is 5.53. The summed E-state index contributed by atoms with van der Waals surface area (Å²) < 4.78 is 5.60. The molecular weight excluding hydrogens is 418 g/mol. The van der Waals surface area contributed by atoms with Crippen LogP contribution in [0, 0.1) is 13.8 Å². The number of aromatic nitrogens is 1. The molecule has 168 valence electrons. The minimum Gasteiger partial charge on any atom is -0.496 e. The topological polar surface area (TPSA) is 54.5 Å². The molecule has 1 unspecified atom stereocenters. The van der Waals surface area contributed by atoms with Gasteiger partial charge >= 0.3 is 0 Å². The largest absolute Gasteiger partial charge is 0.496 e. The lowest BCUT2D eigenvalue weighted by molar-refractivity contribution is -0.120. The zero-order valence-corrected chi connectivity index (χ0v) is 19.9. The van der Waals surface area contributed by atoms with Crippen LogP contribution in [0.3, 0.4) is 0 Å². The molecule has 6 heteroatoms. The number of hydrogen-bond acceptors (Lipinski definition) is 5. The molecule has 1 saturated heterocycles.